The quantitative estimate of drug-likeness (QED) is 0.527. The first-order valence-corrected chi connectivity index (χ1v) is 9.04. The third-order valence-corrected chi connectivity index (χ3v) is 4.91. The van der Waals surface area contributed by atoms with Gasteiger partial charge in [0.1, 0.15) is 0 Å². The van der Waals surface area contributed by atoms with Crippen molar-refractivity contribution in [1.82, 2.24) is 4.98 Å². The van der Waals surface area contributed by atoms with Crippen molar-refractivity contribution in [3.8, 4) is 11.3 Å². The van der Waals surface area contributed by atoms with E-state index in [1.807, 2.05) is 6.07 Å². The average molecular weight is 392 g/mol. The predicted octanol–water partition coefficient (Wildman–Crippen LogP) is 5.84. The van der Waals surface area contributed by atoms with Gasteiger partial charge < -0.3 is 10.7 Å². The van der Waals surface area contributed by atoms with Crippen molar-refractivity contribution >= 4 is 38.4 Å². The van der Waals surface area contributed by atoms with Crippen molar-refractivity contribution in [3.05, 3.63) is 57.0 Å². The van der Waals surface area contributed by atoms with Gasteiger partial charge >= 0.3 is 0 Å². The van der Waals surface area contributed by atoms with Crippen molar-refractivity contribution in [2.24, 2.45) is 5.73 Å². The Morgan fingerprint density at radius 2 is 1.87 bits per heavy atom. The van der Waals surface area contributed by atoms with Gasteiger partial charge in [0.2, 0.25) is 0 Å². The van der Waals surface area contributed by atoms with E-state index in [0.29, 0.717) is 0 Å². The Morgan fingerprint density at radius 3 is 2.57 bits per heavy atom. The molecule has 0 radical (unpaired) electrons. The number of nitrogens with one attached hydrogen (secondary N) is 1. The fourth-order valence-electron chi connectivity index (χ4n) is 2.95. The number of fused-ring (bicyclic) bond motifs is 1. The second-order valence-electron chi connectivity index (χ2n) is 5.90. The molecular formula is C19H20BrClN2. The van der Waals surface area contributed by atoms with Crippen LogP contribution in [0.25, 0.3) is 22.2 Å². The number of halogens is 2. The summed E-state index contributed by atoms with van der Waals surface area (Å²) in [4.78, 5) is 3.54. The zero-order valence-electron chi connectivity index (χ0n) is 13.1. The van der Waals surface area contributed by atoms with Crippen molar-refractivity contribution in [2.75, 3.05) is 6.54 Å². The van der Waals surface area contributed by atoms with E-state index in [1.54, 1.807) is 0 Å². The number of nitrogens with two attached hydrogens (primary N) is 1. The van der Waals surface area contributed by atoms with E-state index in [9.17, 15) is 0 Å². The third kappa shape index (κ3) is 3.47. The van der Waals surface area contributed by atoms with E-state index < -0.39 is 0 Å². The summed E-state index contributed by atoms with van der Waals surface area (Å²) < 4.78 is 1.00. The van der Waals surface area contributed by atoms with Gasteiger partial charge in [-0.3, -0.25) is 0 Å². The van der Waals surface area contributed by atoms with E-state index >= 15 is 0 Å². The molecule has 0 unspecified atom stereocenters. The molecular weight excluding hydrogens is 372 g/mol. The van der Waals surface area contributed by atoms with Crippen LogP contribution in [-0.4, -0.2) is 11.5 Å². The molecule has 0 bridgehead atoms. The molecule has 1 aromatic heterocycles. The Kier molecular flexibility index (Phi) is 5.10. The summed E-state index contributed by atoms with van der Waals surface area (Å²) in [7, 11) is 0. The molecule has 0 aliphatic carbocycles. The molecule has 3 aromatic rings. The molecule has 2 nitrogen and oxygen atoms in total. The highest BCUT2D eigenvalue weighted by atomic mass is 79.9. The van der Waals surface area contributed by atoms with Crippen LogP contribution in [0.15, 0.2) is 40.9 Å². The number of hydrogen-bond acceptors (Lipinski definition) is 1. The van der Waals surface area contributed by atoms with E-state index in [4.69, 9.17) is 17.3 Å². The molecule has 0 spiro atoms. The number of rotatable bonds is 5. The van der Waals surface area contributed by atoms with Crippen molar-refractivity contribution in [1.29, 1.82) is 0 Å². The van der Waals surface area contributed by atoms with Crippen molar-refractivity contribution < 1.29 is 0 Å². The summed E-state index contributed by atoms with van der Waals surface area (Å²) in [5.41, 5.74) is 11.6. The van der Waals surface area contributed by atoms with Crippen LogP contribution in [0.2, 0.25) is 5.02 Å². The van der Waals surface area contributed by atoms with Gasteiger partial charge in [0, 0.05) is 15.6 Å². The first kappa shape index (κ1) is 16.6. The van der Waals surface area contributed by atoms with Crippen molar-refractivity contribution in [3.63, 3.8) is 0 Å². The zero-order valence-corrected chi connectivity index (χ0v) is 15.5. The van der Waals surface area contributed by atoms with E-state index in [1.165, 1.54) is 22.1 Å². The lowest BCUT2D eigenvalue weighted by molar-refractivity contribution is 0.748. The number of hydrogen-bond donors (Lipinski definition) is 2. The standard InChI is InChI=1S/C19H20BrClN2/c1-12-5-7-13(8-6-12)18-15(4-2-3-9-22)16-10-14(20)11-17(21)19(16)23-18/h5-8,10-11,23H,2-4,9,22H2,1H3. The van der Waals surface area contributed by atoms with Gasteiger partial charge in [-0.05, 0) is 56.0 Å². The molecule has 0 amide bonds. The van der Waals surface area contributed by atoms with E-state index in [-0.39, 0.29) is 0 Å². The molecule has 0 aliphatic rings. The predicted molar refractivity (Wildman–Crippen MR) is 103 cm³/mol. The molecule has 0 aliphatic heterocycles. The van der Waals surface area contributed by atoms with Gasteiger partial charge in [0.15, 0.2) is 0 Å². The molecule has 0 saturated heterocycles. The molecule has 120 valence electrons. The Balaban J connectivity index is 2.16. The number of aryl methyl sites for hydroxylation is 2. The van der Waals surface area contributed by atoms with Crippen LogP contribution in [0.1, 0.15) is 24.0 Å². The number of aromatic amines is 1. The highest BCUT2D eigenvalue weighted by Crippen LogP contribution is 2.36. The Bertz CT molecular complexity index is 821. The fraction of sp³-hybridized carbons (Fsp3) is 0.263. The average Bonchev–Trinajstić information content (AvgIpc) is 2.87. The van der Waals surface area contributed by atoms with Gasteiger partial charge in [-0.1, -0.05) is 57.4 Å². The topological polar surface area (TPSA) is 41.8 Å². The number of H-pyrrole nitrogens is 1. The SMILES string of the molecule is Cc1ccc(-c2[nH]c3c(Cl)cc(Br)cc3c2CCCCN)cc1. The summed E-state index contributed by atoms with van der Waals surface area (Å²) in [6.45, 7) is 2.83. The molecule has 3 N–H and O–H groups in total. The monoisotopic (exact) mass is 390 g/mol. The summed E-state index contributed by atoms with van der Waals surface area (Å²) in [5, 5.41) is 1.93. The van der Waals surface area contributed by atoms with Gasteiger partial charge in [-0.2, -0.15) is 0 Å². The maximum atomic E-state index is 6.44. The second kappa shape index (κ2) is 7.08. The van der Waals surface area contributed by atoms with Gasteiger partial charge in [-0.25, -0.2) is 0 Å². The lowest BCUT2D eigenvalue weighted by atomic mass is 10.00. The Morgan fingerprint density at radius 1 is 1.13 bits per heavy atom. The van der Waals surface area contributed by atoms with Gasteiger partial charge in [0.25, 0.3) is 0 Å². The summed E-state index contributed by atoms with van der Waals surface area (Å²) in [6.07, 6.45) is 3.10. The lowest BCUT2D eigenvalue weighted by Crippen LogP contribution is -1.99. The maximum Gasteiger partial charge on any atom is 0.0658 e. The van der Waals surface area contributed by atoms with Crippen LogP contribution >= 0.6 is 27.5 Å². The minimum atomic E-state index is 0.729. The first-order valence-electron chi connectivity index (χ1n) is 7.87. The Labute approximate surface area is 150 Å². The van der Waals surface area contributed by atoms with Crippen LogP contribution in [0.4, 0.5) is 0 Å². The number of benzene rings is 2. The second-order valence-corrected chi connectivity index (χ2v) is 7.22. The summed E-state index contributed by atoms with van der Waals surface area (Å²) in [6, 6.07) is 12.7. The highest BCUT2D eigenvalue weighted by molar-refractivity contribution is 9.10. The molecule has 0 atom stereocenters. The maximum absolute atomic E-state index is 6.44. The van der Waals surface area contributed by atoms with Crippen LogP contribution in [-0.2, 0) is 6.42 Å². The molecule has 0 fully saturated rings. The van der Waals surface area contributed by atoms with E-state index in [0.717, 1.165) is 46.5 Å². The summed E-state index contributed by atoms with van der Waals surface area (Å²) in [5.74, 6) is 0. The molecule has 0 saturated carbocycles. The first-order chi connectivity index (χ1) is 11.1. The molecule has 3 rings (SSSR count). The fourth-order valence-corrected chi connectivity index (χ4v) is 3.80. The van der Waals surface area contributed by atoms with Crippen LogP contribution in [0.3, 0.4) is 0 Å². The highest BCUT2D eigenvalue weighted by Gasteiger charge is 2.15. The normalized spacial score (nSPS) is 11.3. The Hall–Kier alpha value is -1.29. The lowest BCUT2D eigenvalue weighted by Gasteiger charge is -2.06. The molecule has 2 aromatic carbocycles. The molecule has 1 heterocycles. The number of aromatic nitrogens is 1. The minimum Gasteiger partial charge on any atom is -0.353 e. The van der Waals surface area contributed by atoms with Crippen LogP contribution < -0.4 is 5.73 Å². The van der Waals surface area contributed by atoms with Crippen molar-refractivity contribution in [2.45, 2.75) is 26.2 Å². The largest absolute Gasteiger partial charge is 0.353 e. The van der Waals surface area contributed by atoms with Gasteiger partial charge in [-0.15, -0.1) is 0 Å². The van der Waals surface area contributed by atoms with Crippen LogP contribution in [0.5, 0.6) is 0 Å². The third-order valence-electron chi connectivity index (χ3n) is 4.15. The smallest absolute Gasteiger partial charge is 0.0658 e. The number of unbranched alkanes of at least 4 members (excludes halogenated alkanes) is 1. The molecule has 23 heavy (non-hydrogen) atoms. The van der Waals surface area contributed by atoms with E-state index in [2.05, 4.69) is 58.2 Å². The molecule has 4 heteroatoms. The summed E-state index contributed by atoms with van der Waals surface area (Å²) >= 11 is 10.00. The van der Waals surface area contributed by atoms with Crippen LogP contribution in [0, 0.1) is 6.92 Å². The zero-order chi connectivity index (χ0) is 16.4. The van der Waals surface area contributed by atoms with Gasteiger partial charge in [0.05, 0.1) is 10.5 Å². The minimum absolute atomic E-state index is 0.729.